The van der Waals surface area contributed by atoms with Crippen LogP contribution >= 0.6 is 34.8 Å². The Labute approximate surface area is 119 Å². The van der Waals surface area contributed by atoms with E-state index in [0.717, 1.165) is 11.4 Å². The number of nitrogens with one attached hydrogen (secondary N) is 1. The Morgan fingerprint density at radius 1 is 1.29 bits per heavy atom. The van der Waals surface area contributed by atoms with Crippen molar-refractivity contribution in [2.45, 2.75) is 26.3 Å². The van der Waals surface area contributed by atoms with Crippen molar-refractivity contribution < 1.29 is 0 Å². The molecule has 0 aliphatic rings. The molecule has 5 heteroatoms. The van der Waals surface area contributed by atoms with E-state index in [1.807, 2.05) is 12.1 Å². The third kappa shape index (κ3) is 2.44. The Kier molecular flexibility index (Phi) is 3.40. The van der Waals surface area contributed by atoms with Gasteiger partial charge in [0.2, 0.25) is 0 Å². The van der Waals surface area contributed by atoms with Gasteiger partial charge in [0.15, 0.2) is 10.6 Å². The van der Waals surface area contributed by atoms with Gasteiger partial charge in [-0.25, -0.2) is 0 Å². The average Bonchev–Trinajstić information content (AvgIpc) is 2.60. The molecule has 17 heavy (non-hydrogen) atoms. The summed E-state index contributed by atoms with van der Waals surface area (Å²) in [6, 6.07) is 8.17. The summed E-state index contributed by atoms with van der Waals surface area (Å²) >= 11 is 7.62. The van der Waals surface area contributed by atoms with E-state index in [-0.39, 0.29) is 5.54 Å². The molecule has 1 heterocycles. The lowest BCUT2D eigenvalue weighted by Crippen LogP contribution is -2.23. The lowest BCUT2D eigenvalue weighted by molar-refractivity contribution is 0.395. The van der Waals surface area contributed by atoms with E-state index in [9.17, 15) is 0 Å². The fourth-order valence-electron chi connectivity index (χ4n) is 1.74. The molecule has 0 radical (unpaired) electrons. The molecular weight excluding hydrogens is 345 g/mol. The largest absolute Gasteiger partial charge is 0.295 e. The van der Waals surface area contributed by atoms with Gasteiger partial charge >= 0.3 is 0 Å². The average molecular weight is 359 g/mol. The van der Waals surface area contributed by atoms with Crippen molar-refractivity contribution in [1.29, 1.82) is 0 Å². The molecule has 1 N–H and O–H groups in total. The van der Waals surface area contributed by atoms with E-state index < -0.39 is 0 Å². The summed E-state index contributed by atoms with van der Waals surface area (Å²) in [7, 11) is 0. The number of hydrogen-bond acceptors (Lipinski definition) is 2. The highest BCUT2D eigenvalue weighted by molar-refractivity contribution is 14.1. The van der Waals surface area contributed by atoms with Crippen LogP contribution in [0.1, 0.15) is 20.8 Å². The minimum absolute atomic E-state index is 0.0850. The van der Waals surface area contributed by atoms with Crippen molar-refractivity contribution >= 4 is 34.8 Å². The normalized spacial score (nSPS) is 11.8. The van der Waals surface area contributed by atoms with Gasteiger partial charge in [0, 0.05) is 14.7 Å². The Hall–Kier alpha value is -0.690. The summed E-state index contributed by atoms with van der Waals surface area (Å²) in [5, 5.41) is 7.24. The van der Waals surface area contributed by atoms with Gasteiger partial charge in [-0.1, -0.05) is 18.2 Å². The second-order valence-corrected chi connectivity index (χ2v) is 6.39. The molecule has 0 atom stereocenters. The summed E-state index contributed by atoms with van der Waals surface area (Å²) in [6.45, 7) is 6.37. The van der Waals surface area contributed by atoms with Crippen molar-refractivity contribution in [3.8, 4) is 11.4 Å². The van der Waals surface area contributed by atoms with E-state index >= 15 is 0 Å². The second kappa shape index (κ2) is 4.53. The first-order valence-corrected chi connectivity index (χ1v) is 6.83. The molecule has 2 rings (SSSR count). The fourth-order valence-corrected chi connectivity index (χ4v) is 2.78. The molecule has 0 unspecified atom stereocenters. The second-order valence-electron chi connectivity index (χ2n) is 4.84. The molecule has 0 amide bonds. The van der Waals surface area contributed by atoms with Crippen molar-refractivity contribution in [3.05, 3.63) is 32.6 Å². The van der Waals surface area contributed by atoms with Crippen molar-refractivity contribution in [2.75, 3.05) is 0 Å². The summed E-state index contributed by atoms with van der Waals surface area (Å²) < 4.78 is 3.89. The van der Waals surface area contributed by atoms with Crippen molar-refractivity contribution in [1.82, 2.24) is 14.8 Å². The van der Waals surface area contributed by atoms with Gasteiger partial charge in [0.05, 0.1) is 0 Å². The summed E-state index contributed by atoms with van der Waals surface area (Å²) in [5.41, 5.74) is 1.02. The van der Waals surface area contributed by atoms with Crippen LogP contribution in [-0.4, -0.2) is 14.8 Å². The number of hydrogen-bond donors (Lipinski definition) is 1. The maximum Gasteiger partial charge on any atom is 0.195 e. The van der Waals surface area contributed by atoms with E-state index in [2.05, 4.69) is 70.3 Å². The Morgan fingerprint density at radius 3 is 2.53 bits per heavy atom. The lowest BCUT2D eigenvalue weighted by Gasteiger charge is -2.22. The highest BCUT2D eigenvalue weighted by Crippen LogP contribution is 2.27. The van der Waals surface area contributed by atoms with Crippen LogP contribution in [-0.2, 0) is 5.54 Å². The Balaban J connectivity index is 2.71. The first-order valence-electron chi connectivity index (χ1n) is 5.34. The van der Waals surface area contributed by atoms with Crippen LogP contribution < -0.4 is 0 Å². The van der Waals surface area contributed by atoms with E-state index in [1.165, 1.54) is 3.57 Å². The van der Waals surface area contributed by atoms with Gasteiger partial charge in [-0.3, -0.25) is 9.67 Å². The molecule has 1 aromatic heterocycles. The van der Waals surface area contributed by atoms with Crippen LogP contribution in [0.15, 0.2) is 24.3 Å². The predicted octanol–water partition coefficient (Wildman–Crippen LogP) is 3.97. The molecule has 0 aliphatic carbocycles. The number of aromatic amines is 1. The molecular formula is C12H14IN3S. The van der Waals surface area contributed by atoms with Crippen molar-refractivity contribution in [3.63, 3.8) is 0 Å². The Morgan fingerprint density at radius 2 is 1.94 bits per heavy atom. The fraction of sp³-hybridized carbons (Fsp3) is 0.333. The number of H-pyrrole nitrogens is 1. The topological polar surface area (TPSA) is 33.6 Å². The molecule has 0 spiro atoms. The summed E-state index contributed by atoms with van der Waals surface area (Å²) in [4.78, 5) is 0. The lowest BCUT2D eigenvalue weighted by atomic mass is 10.1. The van der Waals surface area contributed by atoms with Crippen LogP contribution in [0.25, 0.3) is 11.4 Å². The molecule has 0 bridgehead atoms. The summed E-state index contributed by atoms with van der Waals surface area (Å²) in [5.74, 6) is 0.896. The van der Waals surface area contributed by atoms with Crippen LogP contribution in [0.4, 0.5) is 0 Å². The smallest absolute Gasteiger partial charge is 0.195 e. The molecule has 3 nitrogen and oxygen atoms in total. The highest BCUT2D eigenvalue weighted by atomic mass is 127. The van der Waals surface area contributed by atoms with Crippen molar-refractivity contribution in [2.24, 2.45) is 0 Å². The zero-order valence-corrected chi connectivity index (χ0v) is 13.0. The number of benzene rings is 1. The van der Waals surface area contributed by atoms with Gasteiger partial charge in [0.1, 0.15) is 0 Å². The minimum atomic E-state index is -0.0850. The van der Waals surface area contributed by atoms with Gasteiger partial charge in [-0.2, -0.15) is 5.10 Å². The molecule has 0 fully saturated rings. The van der Waals surface area contributed by atoms with Crippen LogP contribution in [0.5, 0.6) is 0 Å². The van der Waals surface area contributed by atoms with Gasteiger partial charge in [-0.15, -0.1) is 0 Å². The Bertz CT molecular complexity index is 592. The van der Waals surface area contributed by atoms with Gasteiger partial charge < -0.3 is 0 Å². The molecule has 0 saturated heterocycles. The minimum Gasteiger partial charge on any atom is -0.295 e. The highest BCUT2D eigenvalue weighted by Gasteiger charge is 2.21. The maximum atomic E-state index is 5.31. The maximum absolute atomic E-state index is 5.31. The zero-order valence-electron chi connectivity index (χ0n) is 9.99. The standard InChI is InChI=1S/C12H14IN3S/c1-12(2,3)16-10(14-15-11(16)17)8-6-4-5-7-9(8)13/h4-7H,1-3H3,(H,15,17). The number of aromatic nitrogens is 3. The monoisotopic (exact) mass is 359 g/mol. The number of nitrogens with zero attached hydrogens (tertiary/aromatic N) is 2. The molecule has 2 aromatic rings. The van der Waals surface area contributed by atoms with Gasteiger partial charge in [0.25, 0.3) is 0 Å². The zero-order chi connectivity index (χ0) is 12.6. The molecule has 0 aliphatic heterocycles. The van der Waals surface area contributed by atoms with Crippen LogP contribution in [0.2, 0.25) is 0 Å². The third-order valence-corrected chi connectivity index (χ3v) is 3.67. The predicted molar refractivity (Wildman–Crippen MR) is 80.6 cm³/mol. The molecule has 0 saturated carbocycles. The number of halogens is 1. The first kappa shape index (κ1) is 12.8. The molecule has 90 valence electrons. The van der Waals surface area contributed by atoms with E-state index in [1.54, 1.807) is 0 Å². The van der Waals surface area contributed by atoms with E-state index in [4.69, 9.17) is 12.2 Å². The van der Waals surface area contributed by atoms with Crippen LogP contribution in [0.3, 0.4) is 0 Å². The van der Waals surface area contributed by atoms with Crippen LogP contribution in [0, 0.1) is 8.34 Å². The van der Waals surface area contributed by atoms with Gasteiger partial charge in [-0.05, 0) is 61.6 Å². The quantitative estimate of drug-likeness (QED) is 0.618. The SMILES string of the molecule is CC(C)(C)n1c(-c2ccccc2I)n[nH]c1=S. The third-order valence-electron chi connectivity index (χ3n) is 2.46. The molecule has 1 aromatic carbocycles. The summed E-state index contributed by atoms with van der Waals surface area (Å²) in [6.07, 6.45) is 0. The number of rotatable bonds is 1. The first-order chi connectivity index (χ1) is 7.91. The van der Waals surface area contributed by atoms with E-state index in [0.29, 0.717) is 4.77 Å².